The van der Waals surface area contributed by atoms with Crippen LogP contribution in [0.25, 0.3) is 0 Å². The van der Waals surface area contributed by atoms with Crippen LogP contribution in [0.2, 0.25) is 0 Å². The summed E-state index contributed by atoms with van der Waals surface area (Å²) < 4.78 is 10.1. The monoisotopic (exact) mass is 298 g/mol. The number of anilines is 1. The van der Waals surface area contributed by atoms with Crippen LogP contribution in [0.15, 0.2) is 0 Å². The molecule has 1 fully saturated rings. The van der Waals surface area contributed by atoms with E-state index >= 15 is 0 Å². The summed E-state index contributed by atoms with van der Waals surface area (Å²) in [6.45, 7) is 4.80. The van der Waals surface area contributed by atoms with E-state index in [4.69, 9.17) is 4.74 Å². The van der Waals surface area contributed by atoms with Crippen molar-refractivity contribution in [1.82, 2.24) is 4.98 Å². The van der Waals surface area contributed by atoms with E-state index in [1.54, 1.807) is 0 Å². The van der Waals surface area contributed by atoms with Gasteiger partial charge in [0.25, 0.3) is 0 Å². The topological polar surface area (TPSA) is 77.5 Å². The second-order valence-electron chi connectivity index (χ2n) is 5.09. The van der Waals surface area contributed by atoms with E-state index in [9.17, 15) is 9.59 Å². The predicted octanol–water partition coefficient (Wildman–Crippen LogP) is 2.11. The highest BCUT2D eigenvalue weighted by Crippen LogP contribution is 2.29. The molecule has 0 amide bonds. The van der Waals surface area contributed by atoms with Gasteiger partial charge < -0.3 is 14.8 Å². The minimum atomic E-state index is -0.593. The maximum Gasteiger partial charge on any atom is 0.358 e. The fourth-order valence-corrected chi connectivity index (χ4v) is 3.14. The lowest BCUT2D eigenvalue weighted by molar-refractivity contribution is 0.0539. The third kappa shape index (κ3) is 3.16. The second-order valence-corrected chi connectivity index (χ2v) is 6.09. The van der Waals surface area contributed by atoms with Crippen molar-refractivity contribution in [2.45, 2.75) is 32.2 Å². The maximum absolute atomic E-state index is 11.6. The number of hydrogen-bond acceptors (Lipinski definition) is 7. The molecule has 2 heterocycles. The molecule has 1 aromatic rings. The van der Waals surface area contributed by atoms with Gasteiger partial charge in [-0.05, 0) is 19.8 Å². The number of carbonyl (C=O) groups is 2. The molecule has 6 nitrogen and oxygen atoms in total. The number of nitrogens with one attached hydrogen (secondary N) is 1. The Balaban J connectivity index is 2.24. The Morgan fingerprint density at radius 1 is 1.50 bits per heavy atom. The van der Waals surface area contributed by atoms with Crippen LogP contribution < -0.4 is 5.32 Å². The van der Waals surface area contributed by atoms with Crippen molar-refractivity contribution >= 4 is 28.2 Å². The van der Waals surface area contributed by atoms with Gasteiger partial charge in [0, 0.05) is 13.5 Å². The lowest BCUT2D eigenvalue weighted by Gasteiger charge is -2.34. The molecule has 7 heteroatoms. The first-order valence-electron chi connectivity index (χ1n) is 6.41. The van der Waals surface area contributed by atoms with Gasteiger partial charge in [0.15, 0.2) is 16.6 Å². The molecule has 0 radical (unpaired) electrons. The minimum absolute atomic E-state index is 0.0767. The van der Waals surface area contributed by atoms with Gasteiger partial charge >= 0.3 is 5.97 Å². The van der Waals surface area contributed by atoms with Gasteiger partial charge in [-0.25, -0.2) is 9.78 Å². The fraction of sp³-hybridized carbons (Fsp3) is 0.615. The van der Waals surface area contributed by atoms with Crippen LogP contribution in [0.4, 0.5) is 5.13 Å². The van der Waals surface area contributed by atoms with Crippen molar-refractivity contribution in [1.29, 1.82) is 0 Å². The van der Waals surface area contributed by atoms with E-state index in [-0.39, 0.29) is 17.0 Å². The summed E-state index contributed by atoms with van der Waals surface area (Å²) in [6, 6.07) is 0. The van der Waals surface area contributed by atoms with Gasteiger partial charge in [-0.15, -0.1) is 0 Å². The summed E-state index contributed by atoms with van der Waals surface area (Å²) in [7, 11) is 1.27. The molecule has 20 heavy (non-hydrogen) atoms. The summed E-state index contributed by atoms with van der Waals surface area (Å²) in [4.78, 5) is 27.7. The highest BCUT2D eigenvalue weighted by atomic mass is 32.1. The quantitative estimate of drug-likeness (QED) is 0.677. The molecule has 0 aliphatic carbocycles. The largest absolute Gasteiger partial charge is 0.464 e. The zero-order valence-electron chi connectivity index (χ0n) is 11.8. The van der Waals surface area contributed by atoms with E-state index in [1.165, 1.54) is 25.4 Å². The summed E-state index contributed by atoms with van der Waals surface area (Å²) in [5.74, 6) is -0.787. The lowest BCUT2D eigenvalue weighted by Crippen LogP contribution is -2.43. The SMILES string of the molecule is COC(=O)c1nc(NC2(C)CCCOC2)sc1C(C)=O. The molecule has 1 aliphatic heterocycles. The Morgan fingerprint density at radius 3 is 2.80 bits per heavy atom. The third-order valence-electron chi connectivity index (χ3n) is 3.17. The number of carbonyl (C=O) groups excluding carboxylic acids is 2. The van der Waals surface area contributed by atoms with Gasteiger partial charge in [0.2, 0.25) is 0 Å². The molecule has 1 N–H and O–H groups in total. The van der Waals surface area contributed by atoms with E-state index in [1.807, 2.05) is 6.92 Å². The van der Waals surface area contributed by atoms with Crippen LogP contribution >= 0.6 is 11.3 Å². The van der Waals surface area contributed by atoms with E-state index in [0.29, 0.717) is 16.6 Å². The number of Topliss-reactive ketones (excluding diaryl/α,β-unsaturated/α-hetero) is 1. The molecule has 1 aliphatic rings. The van der Waals surface area contributed by atoms with Crippen molar-refractivity contribution in [2.75, 3.05) is 25.6 Å². The van der Waals surface area contributed by atoms with Gasteiger partial charge in [0.05, 0.1) is 19.3 Å². The van der Waals surface area contributed by atoms with Gasteiger partial charge in [-0.1, -0.05) is 11.3 Å². The van der Waals surface area contributed by atoms with E-state index in [2.05, 4.69) is 15.0 Å². The molecule has 1 unspecified atom stereocenters. The van der Waals surface area contributed by atoms with Crippen LogP contribution in [-0.2, 0) is 9.47 Å². The zero-order chi connectivity index (χ0) is 14.8. The molecule has 0 spiro atoms. The molecule has 0 bridgehead atoms. The first kappa shape index (κ1) is 14.9. The molecule has 1 aromatic heterocycles. The Hall–Kier alpha value is -1.47. The number of thiazole rings is 1. The summed E-state index contributed by atoms with van der Waals surface area (Å²) in [6.07, 6.45) is 1.92. The molecule has 0 aromatic carbocycles. The molecule has 0 saturated carbocycles. The molecule has 1 saturated heterocycles. The molecule has 110 valence electrons. The number of aromatic nitrogens is 1. The number of rotatable bonds is 4. The van der Waals surface area contributed by atoms with Crippen molar-refractivity contribution in [3.05, 3.63) is 10.6 Å². The molecular weight excluding hydrogens is 280 g/mol. The zero-order valence-corrected chi connectivity index (χ0v) is 12.6. The first-order valence-corrected chi connectivity index (χ1v) is 7.23. The molecular formula is C13H18N2O4S. The van der Waals surface area contributed by atoms with Crippen LogP contribution in [0, 0.1) is 0 Å². The van der Waals surface area contributed by atoms with Gasteiger partial charge in [0.1, 0.15) is 4.88 Å². The molecule has 2 rings (SSSR count). The van der Waals surface area contributed by atoms with E-state index in [0.717, 1.165) is 19.4 Å². The first-order chi connectivity index (χ1) is 9.45. The second kappa shape index (κ2) is 5.88. The van der Waals surface area contributed by atoms with Crippen LogP contribution in [0.1, 0.15) is 46.8 Å². The third-order valence-corrected chi connectivity index (χ3v) is 4.24. The number of methoxy groups -OCH3 is 1. The van der Waals surface area contributed by atoms with Gasteiger partial charge in [-0.3, -0.25) is 4.79 Å². The average Bonchev–Trinajstić information content (AvgIpc) is 2.82. The predicted molar refractivity (Wildman–Crippen MR) is 75.5 cm³/mol. The Labute approximate surface area is 121 Å². The van der Waals surface area contributed by atoms with Crippen molar-refractivity contribution < 1.29 is 19.1 Å². The maximum atomic E-state index is 11.6. The molecule has 1 atom stereocenters. The summed E-state index contributed by atoms with van der Waals surface area (Å²) in [5.41, 5.74) is -0.148. The number of hydrogen-bond donors (Lipinski definition) is 1. The normalized spacial score (nSPS) is 22.4. The van der Waals surface area contributed by atoms with Gasteiger partial charge in [-0.2, -0.15) is 0 Å². The van der Waals surface area contributed by atoms with Crippen LogP contribution in [0.5, 0.6) is 0 Å². The Bertz CT molecular complexity index is 520. The standard InChI is InChI=1S/C13H18N2O4S/c1-8(16)10-9(11(17)18-3)14-12(20-10)15-13(2)5-4-6-19-7-13/h4-7H2,1-3H3,(H,14,15). The highest BCUT2D eigenvalue weighted by Gasteiger charge is 2.30. The number of nitrogens with zero attached hydrogens (tertiary/aromatic N) is 1. The Morgan fingerprint density at radius 2 is 2.25 bits per heavy atom. The summed E-state index contributed by atoms with van der Waals surface area (Å²) in [5, 5.41) is 3.82. The summed E-state index contributed by atoms with van der Waals surface area (Å²) >= 11 is 1.18. The number of ketones is 1. The van der Waals surface area contributed by atoms with Crippen molar-refractivity contribution in [2.24, 2.45) is 0 Å². The van der Waals surface area contributed by atoms with Crippen LogP contribution in [0.3, 0.4) is 0 Å². The van der Waals surface area contributed by atoms with E-state index < -0.39 is 5.97 Å². The highest BCUT2D eigenvalue weighted by molar-refractivity contribution is 7.17. The van der Waals surface area contributed by atoms with Crippen molar-refractivity contribution in [3.63, 3.8) is 0 Å². The average molecular weight is 298 g/mol. The fourth-order valence-electron chi connectivity index (χ4n) is 2.14. The smallest absolute Gasteiger partial charge is 0.358 e. The van der Waals surface area contributed by atoms with Crippen LogP contribution in [-0.4, -0.2) is 42.6 Å². The minimum Gasteiger partial charge on any atom is -0.464 e. The van der Waals surface area contributed by atoms with Crippen molar-refractivity contribution in [3.8, 4) is 0 Å². The lowest BCUT2D eigenvalue weighted by atomic mass is 9.95. The number of ether oxygens (including phenoxy) is 2. The number of esters is 1. The Kier molecular flexibility index (Phi) is 4.39.